The Bertz CT molecular complexity index is 968. The van der Waals surface area contributed by atoms with Crippen molar-refractivity contribution in [1.82, 2.24) is 14.6 Å². The molecule has 154 valence electrons. The van der Waals surface area contributed by atoms with Crippen molar-refractivity contribution in [2.75, 3.05) is 13.1 Å². The zero-order valence-corrected chi connectivity index (χ0v) is 17.3. The Labute approximate surface area is 172 Å². The van der Waals surface area contributed by atoms with Gasteiger partial charge in [0.25, 0.3) is 0 Å². The lowest BCUT2D eigenvalue weighted by molar-refractivity contribution is -0.126. The summed E-state index contributed by atoms with van der Waals surface area (Å²) in [5.41, 5.74) is 3.26. The average Bonchev–Trinajstić information content (AvgIpc) is 2.78. The SMILES string of the molecule is O=C(NCc1ccccn1)C1CCN(S(=O)(=O)c2ccc3c(c2)CCCC3)CC1. The third-order valence-corrected chi connectivity index (χ3v) is 7.85. The van der Waals surface area contributed by atoms with E-state index in [4.69, 9.17) is 0 Å². The van der Waals surface area contributed by atoms with Crippen molar-refractivity contribution in [1.29, 1.82) is 0 Å². The van der Waals surface area contributed by atoms with E-state index in [0.29, 0.717) is 37.4 Å². The molecule has 1 amide bonds. The van der Waals surface area contributed by atoms with Crippen molar-refractivity contribution in [2.45, 2.75) is 50.0 Å². The summed E-state index contributed by atoms with van der Waals surface area (Å²) in [6.45, 7) is 1.15. The van der Waals surface area contributed by atoms with Gasteiger partial charge in [0, 0.05) is 25.2 Å². The van der Waals surface area contributed by atoms with E-state index >= 15 is 0 Å². The van der Waals surface area contributed by atoms with Crippen LogP contribution < -0.4 is 5.32 Å². The molecule has 1 saturated heterocycles. The van der Waals surface area contributed by atoms with E-state index in [1.54, 1.807) is 12.3 Å². The fourth-order valence-corrected chi connectivity index (χ4v) is 5.72. The summed E-state index contributed by atoms with van der Waals surface area (Å²) in [6, 6.07) is 11.2. The molecule has 0 spiro atoms. The summed E-state index contributed by atoms with van der Waals surface area (Å²) >= 11 is 0. The molecule has 1 aromatic heterocycles. The van der Waals surface area contributed by atoms with Gasteiger partial charge in [0.15, 0.2) is 0 Å². The fraction of sp³-hybridized carbons (Fsp3) is 0.455. The molecule has 0 radical (unpaired) electrons. The van der Waals surface area contributed by atoms with Crippen LogP contribution in [0, 0.1) is 5.92 Å². The second-order valence-electron chi connectivity index (χ2n) is 7.85. The van der Waals surface area contributed by atoms with Crippen LogP contribution in [0.4, 0.5) is 0 Å². The van der Waals surface area contributed by atoms with Crippen molar-refractivity contribution < 1.29 is 13.2 Å². The number of piperidine rings is 1. The van der Waals surface area contributed by atoms with Gasteiger partial charge in [0.1, 0.15) is 0 Å². The molecule has 6 nitrogen and oxygen atoms in total. The number of hydrogen-bond acceptors (Lipinski definition) is 4. The molecule has 0 atom stereocenters. The predicted octanol–water partition coefficient (Wildman–Crippen LogP) is 2.68. The van der Waals surface area contributed by atoms with Gasteiger partial charge >= 0.3 is 0 Å². The van der Waals surface area contributed by atoms with Gasteiger partial charge < -0.3 is 5.32 Å². The van der Waals surface area contributed by atoms with Crippen LogP contribution in [-0.2, 0) is 34.2 Å². The minimum atomic E-state index is -3.51. The van der Waals surface area contributed by atoms with Gasteiger partial charge in [-0.15, -0.1) is 0 Å². The summed E-state index contributed by atoms with van der Waals surface area (Å²) in [4.78, 5) is 17.0. The summed E-state index contributed by atoms with van der Waals surface area (Å²) in [6.07, 6.45) is 7.07. The largest absolute Gasteiger partial charge is 0.350 e. The Kier molecular flexibility index (Phi) is 5.96. The first kappa shape index (κ1) is 20.0. The second kappa shape index (κ2) is 8.63. The van der Waals surface area contributed by atoms with Crippen LogP contribution in [0.1, 0.15) is 42.5 Å². The minimum absolute atomic E-state index is 0.0264. The Morgan fingerprint density at radius 3 is 2.55 bits per heavy atom. The molecule has 1 aromatic carbocycles. The second-order valence-corrected chi connectivity index (χ2v) is 9.79. The molecule has 7 heteroatoms. The van der Waals surface area contributed by atoms with Gasteiger partial charge in [-0.3, -0.25) is 9.78 Å². The Morgan fingerprint density at radius 1 is 1.07 bits per heavy atom. The number of amides is 1. The molecule has 2 aliphatic rings. The number of fused-ring (bicyclic) bond motifs is 1. The van der Waals surface area contributed by atoms with Crippen molar-refractivity contribution in [3.8, 4) is 0 Å². The number of rotatable bonds is 5. The van der Waals surface area contributed by atoms with Crippen molar-refractivity contribution in [3.05, 3.63) is 59.4 Å². The number of nitrogens with one attached hydrogen (secondary N) is 1. The Balaban J connectivity index is 1.35. The summed E-state index contributed by atoms with van der Waals surface area (Å²) in [7, 11) is -3.51. The van der Waals surface area contributed by atoms with Crippen molar-refractivity contribution in [2.24, 2.45) is 5.92 Å². The zero-order valence-electron chi connectivity index (χ0n) is 16.5. The molecule has 0 saturated carbocycles. The van der Waals surface area contributed by atoms with E-state index in [0.717, 1.165) is 25.0 Å². The van der Waals surface area contributed by atoms with Crippen molar-refractivity contribution in [3.63, 3.8) is 0 Å². The van der Waals surface area contributed by atoms with Gasteiger partial charge in [-0.25, -0.2) is 8.42 Å². The number of sulfonamides is 1. The lowest BCUT2D eigenvalue weighted by Crippen LogP contribution is -2.42. The number of nitrogens with zero attached hydrogens (tertiary/aromatic N) is 2. The molecule has 2 aromatic rings. The maximum absolute atomic E-state index is 13.1. The van der Waals surface area contributed by atoms with E-state index < -0.39 is 10.0 Å². The first-order valence-corrected chi connectivity index (χ1v) is 11.8. The highest BCUT2D eigenvalue weighted by Crippen LogP contribution is 2.28. The zero-order chi connectivity index (χ0) is 20.3. The molecule has 1 aliphatic carbocycles. The molecule has 1 aliphatic heterocycles. The van der Waals surface area contributed by atoms with E-state index in [2.05, 4.69) is 10.3 Å². The normalized spacial score (nSPS) is 18.2. The van der Waals surface area contributed by atoms with Crippen LogP contribution in [0.2, 0.25) is 0 Å². The van der Waals surface area contributed by atoms with Crippen LogP contribution in [0.5, 0.6) is 0 Å². The monoisotopic (exact) mass is 413 g/mol. The van der Waals surface area contributed by atoms with Crippen LogP contribution in [0.25, 0.3) is 0 Å². The maximum atomic E-state index is 13.1. The molecule has 1 N–H and O–H groups in total. The first-order valence-electron chi connectivity index (χ1n) is 10.3. The molecule has 0 bridgehead atoms. The van der Waals surface area contributed by atoms with Gasteiger partial charge in [0.05, 0.1) is 17.1 Å². The number of aryl methyl sites for hydroxylation is 2. The number of carbonyl (C=O) groups is 1. The summed E-state index contributed by atoms with van der Waals surface area (Å²) in [5.74, 6) is -0.185. The third-order valence-electron chi connectivity index (χ3n) is 5.95. The average molecular weight is 414 g/mol. The lowest BCUT2D eigenvalue weighted by atomic mass is 9.92. The summed E-state index contributed by atoms with van der Waals surface area (Å²) in [5, 5.41) is 2.92. The quantitative estimate of drug-likeness (QED) is 0.817. The number of pyridine rings is 1. The van der Waals surface area contributed by atoms with Crippen LogP contribution in [0.3, 0.4) is 0 Å². The van der Waals surface area contributed by atoms with E-state index in [-0.39, 0.29) is 11.8 Å². The van der Waals surface area contributed by atoms with E-state index in [1.807, 2.05) is 30.3 Å². The molecule has 4 rings (SSSR count). The highest BCUT2D eigenvalue weighted by atomic mass is 32.2. The standard InChI is InChI=1S/C22H27N3O3S/c26-22(24-16-20-7-3-4-12-23-20)18-10-13-25(14-11-18)29(27,28)21-9-8-17-5-1-2-6-19(17)15-21/h3-4,7-9,12,15,18H,1-2,5-6,10-11,13-14,16H2,(H,24,26). The smallest absolute Gasteiger partial charge is 0.243 e. The van der Waals surface area contributed by atoms with Crippen molar-refractivity contribution >= 4 is 15.9 Å². The van der Waals surface area contributed by atoms with Gasteiger partial charge in [-0.1, -0.05) is 12.1 Å². The Hall–Kier alpha value is -2.25. The fourth-order valence-electron chi connectivity index (χ4n) is 4.20. The maximum Gasteiger partial charge on any atom is 0.243 e. The Morgan fingerprint density at radius 2 is 1.83 bits per heavy atom. The number of benzene rings is 1. The third kappa shape index (κ3) is 4.51. The van der Waals surface area contributed by atoms with E-state index in [9.17, 15) is 13.2 Å². The first-order chi connectivity index (χ1) is 14.0. The predicted molar refractivity (Wildman–Crippen MR) is 111 cm³/mol. The highest BCUT2D eigenvalue weighted by Gasteiger charge is 2.32. The van der Waals surface area contributed by atoms with E-state index in [1.165, 1.54) is 21.9 Å². The molecule has 29 heavy (non-hydrogen) atoms. The molecule has 2 heterocycles. The van der Waals surface area contributed by atoms with Gasteiger partial charge in [0.2, 0.25) is 15.9 Å². The van der Waals surface area contributed by atoms with Gasteiger partial charge in [-0.05, 0) is 73.9 Å². The topological polar surface area (TPSA) is 79.4 Å². The van der Waals surface area contributed by atoms with Gasteiger partial charge in [-0.2, -0.15) is 4.31 Å². The number of aromatic nitrogens is 1. The molecular weight excluding hydrogens is 386 g/mol. The molecule has 0 unspecified atom stereocenters. The van der Waals surface area contributed by atoms with Crippen LogP contribution in [-0.4, -0.2) is 36.7 Å². The van der Waals surface area contributed by atoms with Crippen LogP contribution >= 0.6 is 0 Å². The lowest BCUT2D eigenvalue weighted by Gasteiger charge is -2.31. The summed E-state index contributed by atoms with van der Waals surface area (Å²) < 4.78 is 27.7. The van der Waals surface area contributed by atoms with Crippen LogP contribution in [0.15, 0.2) is 47.5 Å². The number of carbonyl (C=O) groups excluding carboxylic acids is 1. The highest BCUT2D eigenvalue weighted by molar-refractivity contribution is 7.89. The minimum Gasteiger partial charge on any atom is -0.350 e. The molecular formula is C22H27N3O3S. The number of hydrogen-bond donors (Lipinski definition) is 1. The molecule has 1 fully saturated rings.